The summed E-state index contributed by atoms with van der Waals surface area (Å²) in [6.45, 7) is 6.75. The SMILES string of the molecule is Cc1ccc(S(=O)(=O)N2CC[NH+](CN3C(=O)C(=O)N(C(C)C)C3=O)CC2)cc1. The number of nitrogens with zero attached hydrogens (tertiary/aromatic N) is 3. The highest BCUT2D eigenvalue weighted by molar-refractivity contribution is 7.89. The third-order valence-electron chi connectivity index (χ3n) is 5.07. The van der Waals surface area contributed by atoms with Crippen molar-refractivity contribution in [2.24, 2.45) is 0 Å². The number of rotatable bonds is 5. The fourth-order valence-electron chi connectivity index (χ4n) is 3.40. The summed E-state index contributed by atoms with van der Waals surface area (Å²) >= 11 is 0. The van der Waals surface area contributed by atoms with Crippen molar-refractivity contribution in [2.45, 2.75) is 31.7 Å². The Hall–Kier alpha value is -2.30. The van der Waals surface area contributed by atoms with Crippen LogP contribution in [-0.2, 0) is 19.6 Å². The molecule has 1 aromatic carbocycles. The monoisotopic (exact) mass is 409 g/mol. The molecule has 152 valence electrons. The topological polar surface area (TPSA) is 99.5 Å². The first-order valence-electron chi connectivity index (χ1n) is 9.22. The molecule has 0 saturated carbocycles. The second-order valence-corrected chi connectivity index (χ2v) is 9.35. The Morgan fingerprint density at radius 2 is 1.57 bits per heavy atom. The van der Waals surface area contributed by atoms with Crippen molar-refractivity contribution in [3.05, 3.63) is 29.8 Å². The Kier molecular flexibility index (Phi) is 5.55. The van der Waals surface area contributed by atoms with E-state index in [0.717, 1.165) is 20.3 Å². The van der Waals surface area contributed by atoms with E-state index in [1.165, 1.54) is 4.31 Å². The minimum atomic E-state index is -3.57. The second kappa shape index (κ2) is 7.61. The number of sulfonamides is 1. The predicted molar refractivity (Wildman–Crippen MR) is 99.7 cm³/mol. The van der Waals surface area contributed by atoms with E-state index < -0.39 is 27.9 Å². The molecule has 0 atom stereocenters. The van der Waals surface area contributed by atoms with Crippen LogP contribution >= 0.6 is 0 Å². The van der Waals surface area contributed by atoms with Crippen molar-refractivity contribution in [3.8, 4) is 0 Å². The van der Waals surface area contributed by atoms with Crippen molar-refractivity contribution in [1.82, 2.24) is 14.1 Å². The molecule has 0 aromatic heterocycles. The predicted octanol–water partition coefficient (Wildman–Crippen LogP) is -0.959. The fraction of sp³-hybridized carbons (Fsp3) is 0.500. The average molecular weight is 409 g/mol. The van der Waals surface area contributed by atoms with E-state index >= 15 is 0 Å². The lowest BCUT2D eigenvalue weighted by Gasteiger charge is -2.32. The molecule has 2 heterocycles. The van der Waals surface area contributed by atoms with Crippen LogP contribution in [0.3, 0.4) is 0 Å². The van der Waals surface area contributed by atoms with Gasteiger partial charge in [0.25, 0.3) is 0 Å². The van der Waals surface area contributed by atoms with Crippen LogP contribution < -0.4 is 4.90 Å². The number of benzene rings is 1. The van der Waals surface area contributed by atoms with Crippen molar-refractivity contribution in [2.75, 3.05) is 32.8 Å². The highest BCUT2D eigenvalue weighted by Gasteiger charge is 2.47. The standard InChI is InChI=1S/C18H24N4O5S/c1-13(2)22-17(24)16(23)21(18(22)25)12-19-8-10-20(11-9-19)28(26,27)15-6-4-14(3)5-7-15/h4-7,13H,8-12H2,1-3H3/p+1. The Morgan fingerprint density at radius 1 is 1.00 bits per heavy atom. The number of hydrogen-bond acceptors (Lipinski definition) is 5. The molecule has 28 heavy (non-hydrogen) atoms. The third kappa shape index (κ3) is 3.67. The second-order valence-electron chi connectivity index (χ2n) is 7.41. The summed E-state index contributed by atoms with van der Waals surface area (Å²) in [6.07, 6.45) is 0. The largest absolute Gasteiger partial charge is 0.338 e. The molecule has 2 saturated heterocycles. The number of piperazine rings is 1. The van der Waals surface area contributed by atoms with E-state index in [1.54, 1.807) is 38.1 Å². The molecule has 1 N–H and O–H groups in total. The molecule has 0 aliphatic carbocycles. The molecule has 0 bridgehead atoms. The smallest absolute Gasteiger partial charge is 0.315 e. The molecular weight excluding hydrogens is 384 g/mol. The van der Waals surface area contributed by atoms with Crippen LogP contribution in [0.4, 0.5) is 4.79 Å². The first-order valence-corrected chi connectivity index (χ1v) is 10.7. The number of aryl methyl sites for hydroxylation is 1. The summed E-state index contributed by atoms with van der Waals surface area (Å²) in [7, 11) is -3.57. The molecule has 2 aliphatic heterocycles. The first-order chi connectivity index (χ1) is 13.1. The highest BCUT2D eigenvalue weighted by atomic mass is 32.2. The maximum atomic E-state index is 12.8. The summed E-state index contributed by atoms with van der Waals surface area (Å²) < 4.78 is 26.9. The summed E-state index contributed by atoms with van der Waals surface area (Å²) in [4.78, 5) is 39.6. The molecular formula is C18H25N4O5S+. The Morgan fingerprint density at radius 3 is 2.07 bits per heavy atom. The molecule has 1 aromatic rings. The van der Waals surface area contributed by atoms with Gasteiger partial charge in [0.2, 0.25) is 10.0 Å². The molecule has 0 unspecified atom stereocenters. The van der Waals surface area contributed by atoms with E-state index in [9.17, 15) is 22.8 Å². The van der Waals surface area contributed by atoms with Crippen molar-refractivity contribution >= 4 is 27.9 Å². The van der Waals surface area contributed by atoms with Gasteiger partial charge >= 0.3 is 17.8 Å². The molecule has 2 fully saturated rings. The minimum absolute atomic E-state index is 0.0606. The number of amides is 4. The van der Waals surface area contributed by atoms with Gasteiger partial charge in [0.15, 0.2) is 6.67 Å². The van der Waals surface area contributed by atoms with Gasteiger partial charge in [-0.05, 0) is 32.9 Å². The molecule has 4 amide bonds. The number of imide groups is 2. The summed E-state index contributed by atoms with van der Waals surface area (Å²) in [5.74, 6) is -1.62. The number of carbonyl (C=O) groups is 3. The molecule has 3 rings (SSSR count). The normalized spacial score (nSPS) is 19.9. The molecule has 2 aliphatic rings. The van der Waals surface area contributed by atoms with Crippen LogP contribution in [0.5, 0.6) is 0 Å². The van der Waals surface area contributed by atoms with Crippen LogP contribution in [0.15, 0.2) is 29.2 Å². The number of nitrogens with one attached hydrogen (secondary N) is 1. The van der Waals surface area contributed by atoms with Gasteiger partial charge in [0.05, 0.1) is 31.1 Å². The quantitative estimate of drug-likeness (QED) is 0.499. The first kappa shape index (κ1) is 20.4. The summed E-state index contributed by atoms with van der Waals surface area (Å²) in [6, 6.07) is 5.72. The van der Waals surface area contributed by atoms with E-state index in [2.05, 4.69) is 0 Å². The van der Waals surface area contributed by atoms with Gasteiger partial charge in [-0.25, -0.2) is 18.1 Å². The van der Waals surface area contributed by atoms with Crippen LogP contribution in [-0.4, -0.2) is 79.3 Å². The van der Waals surface area contributed by atoms with Crippen LogP contribution in [0.25, 0.3) is 0 Å². The Balaban J connectivity index is 1.63. The van der Waals surface area contributed by atoms with Crippen molar-refractivity contribution < 1.29 is 27.7 Å². The molecule has 9 nitrogen and oxygen atoms in total. The molecule has 0 radical (unpaired) electrons. The van der Waals surface area contributed by atoms with Gasteiger partial charge in [-0.2, -0.15) is 4.31 Å². The lowest BCUT2D eigenvalue weighted by Crippen LogP contribution is -3.16. The Bertz CT molecular complexity index is 889. The Labute approximate surface area is 164 Å². The zero-order valence-electron chi connectivity index (χ0n) is 16.2. The highest BCUT2D eigenvalue weighted by Crippen LogP contribution is 2.17. The van der Waals surface area contributed by atoms with Crippen LogP contribution in [0.2, 0.25) is 0 Å². The maximum absolute atomic E-state index is 12.8. The lowest BCUT2D eigenvalue weighted by molar-refractivity contribution is -0.910. The van der Waals surface area contributed by atoms with Crippen LogP contribution in [0, 0.1) is 6.92 Å². The summed E-state index contributed by atoms with van der Waals surface area (Å²) in [5.41, 5.74) is 0.984. The van der Waals surface area contributed by atoms with Crippen LogP contribution in [0.1, 0.15) is 19.4 Å². The lowest BCUT2D eigenvalue weighted by atomic mass is 10.2. The zero-order valence-corrected chi connectivity index (χ0v) is 17.0. The van der Waals surface area contributed by atoms with Gasteiger partial charge in [0, 0.05) is 6.04 Å². The average Bonchev–Trinajstić information content (AvgIpc) is 2.86. The van der Waals surface area contributed by atoms with Gasteiger partial charge in [0.1, 0.15) is 0 Å². The number of carbonyl (C=O) groups excluding carboxylic acids is 3. The third-order valence-corrected chi connectivity index (χ3v) is 6.98. The van der Waals surface area contributed by atoms with Gasteiger partial charge in [-0.3, -0.25) is 14.5 Å². The number of urea groups is 1. The van der Waals surface area contributed by atoms with E-state index in [4.69, 9.17) is 0 Å². The van der Waals surface area contributed by atoms with Crippen molar-refractivity contribution in [1.29, 1.82) is 0 Å². The van der Waals surface area contributed by atoms with E-state index in [1.807, 2.05) is 6.92 Å². The molecule has 10 heteroatoms. The fourth-order valence-corrected chi connectivity index (χ4v) is 4.84. The zero-order chi connectivity index (χ0) is 20.6. The van der Waals surface area contributed by atoms with E-state index in [0.29, 0.717) is 13.1 Å². The molecule has 0 spiro atoms. The summed E-state index contributed by atoms with van der Waals surface area (Å²) in [5, 5.41) is 0. The minimum Gasteiger partial charge on any atom is -0.315 e. The maximum Gasteiger partial charge on any atom is 0.338 e. The van der Waals surface area contributed by atoms with Crippen molar-refractivity contribution in [3.63, 3.8) is 0 Å². The van der Waals surface area contributed by atoms with Gasteiger partial charge in [-0.15, -0.1) is 0 Å². The van der Waals surface area contributed by atoms with E-state index in [-0.39, 0.29) is 30.7 Å². The number of quaternary nitrogens is 1. The van der Waals surface area contributed by atoms with Gasteiger partial charge < -0.3 is 4.90 Å². The van der Waals surface area contributed by atoms with Gasteiger partial charge in [-0.1, -0.05) is 17.7 Å². The number of hydrogen-bond donors (Lipinski definition) is 1.